The van der Waals surface area contributed by atoms with E-state index in [9.17, 15) is 4.79 Å². The molecule has 1 fully saturated rings. The van der Waals surface area contributed by atoms with E-state index in [0.29, 0.717) is 18.1 Å². The lowest BCUT2D eigenvalue weighted by atomic mass is 10.3. The van der Waals surface area contributed by atoms with Gasteiger partial charge in [-0.15, -0.1) is 10.2 Å². The molecule has 0 aliphatic heterocycles. The Balaban J connectivity index is 1.88. The van der Waals surface area contributed by atoms with Crippen molar-refractivity contribution in [1.29, 1.82) is 0 Å². The first-order valence-corrected chi connectivity index (χ1v) is 7.32. The SMILES string of the molecule is CCNc1ccc(C(=O)NCC2(SC)CC2)nn1. The topological polar surface area (TPSA) is 66.9 Å². The number of aromatic nitrogens is 2. The van der Waals surface area contributed by atoms with Gasteiger partial charge in [0, 0.05) is 17.8 Å². The Morgan fingerprint density at radius 3 is 2.72 bits per heavy atom. The van der Waals surface area contributed by atoms with Crippen molar-refractivity contribution in [2.75, 3.05) is 24.7 Å². The number of carbonyl (C=O) groups is 1. The first kappa shape index (κ1) is 13.1. The number of anilines is 1. The van der Waals surface area contributed by atoms with Gasteiger partial charge in [0.15, 0.2) is 5.69 Å². The van der Waals surface area contributed by atoms with E-state index in [1.165, 1.54) is 12.8 Å². The number of thioether (sulfide) groups is 1. The van der Waals surface area contributed by atoms with Crippen LogP contribution in [0.1, 0.15) is 30.3 Å². The van der Waals surface area contributed by atoms with Crippen molar-refractivity contribution >= 4 is 23.5 Å². The molecule has 1 saturated carbocycles. The highest BCUT2D eigenvalue weighted by atomic mass is 32.2. The number of rotatable bonds is 6. The Bertz CT molecular complexity index is 417. The van der Waals surface area contributed by atoms with Gasteiger partial charge in [0.05, 0.1) is 0 Å². The smallest absolute Gasteiger partial charge is 0.271 e. The number of hydrogen-bond acceptors (Lipinski definition) is 5. The molecule has 18 heavy (non-hydrogen) atoms. The quantitative estimate of drug-likeness (QED) is 0.817. The molecule has 1 aromatic heterocycles. The Morgan fingerprint density at radius 2 is 2.22 bits per heavy atom. The van der Waals surface area contributed by atoms with Crippen molar-refractivity contribution in [1.82, 2.24) is 15.5 Å². The van der Waals surface area contributed by atoms with Gasteiger partial charge < -0.3 is 10.6 Å². The van der Waals surface area contributed by atoms with Gasteiger partial charge in [-0.2, -0.15) is 11.8 Å². The van der Waals surface area contributed by atoms with E-state index < -0.39 is 0 Å². The third-order valence-electron chi connectivity index (χ3n) is 3.07. The van der Waals surface area contributed by atoms with Crippen LogP contribution in [0.4, 0.5) is 5.82 Å². The van der Waals surface area contributed by atoms with Crippen molar-refractivity contribution in [3.63, 3.8) is 0 Å². The van der Waals surface area contributed by atoms with Crippen molar-refractivity contribution < 1.29 is 4.79 Å². The highest BCUT2D eigenvalue weighted by Gasteiger charge is 2.42. The molecule has 1 aliphatic rings. The van der Waals surface area contributed by atoms with Crippen molar-refractivity contribution in [3.8, 4) is 0 Å². The monoisotopic (exact) mass is 266 g/mol. The van der Waals surface area contributed by atoms with E-state index in [0.717, 1.165) is 6.54 Å². The fourth-order valence-electron chi connectivity index (χ4n) is 1.65. The van der Waals surface area contributed by atoms with E-state index in [-0.39, 0.29) is 10.7 Å². The van der Waals surface area contributed by atoms with E-state index in [1.54, 1.807) is 12.1 Å². The predicted octanol–water partition coefficient (Wildman–Crippen LogP) is 1.53. The van der Waals surface area contributed by atoms with Crippen molar-refractivity contribution in [3.05, 3.63) is 17.8 Å². The number of amides is 1. The third kappa shape index (κ3) is 3.13. The molecule has 0 spiro atoms. The summed E-state index contributed by atoms with van der Waals surface area (Å²) >= 11 is 1.82. The van der Waals surface area contributed by atoms with Crippen LogP contribution in [-0.4, -0.2) is 40.2 Å². The maximum atomic E-state index is 11.9. The molecule has 1 aromatic rings. The van der Waals surface area contributed by atoms with Crippen LogP contribution in [0, 0.1) is 0 Å². The molecule has 0 saturated heterocycles. The van der Waals surface area contributed by atoms with E-state index in [4.69, 9.17) is 0 Å². The molecular formula is C12H18N4OS. The van der Waals surface area contributed by atoms with Gasteiger partial charge in [0.1, 0.15) is 5.82 Å². The van der Waals surface area contributed by atoms with Crippen LogP contribution in [0.25, 0.3) is 0 Å². The summed E-state index contributed by atoms with van der Waals surface area (Å²) < 4.78 is 0.271. The van der Waals surface area contributed by atoms with Crippen LogP contribution in [0.15, 0.2) is 12.1 Å². The zero-order valence-corrected chi connectivity index (χ0v) is 11.5. The van der Waals surface area contributed by atoms with Crippen molar-refractivity contribution in [2.24, 2.45) is 0 Å². The molecule has 0 radical (unpaired) electrons. The molecule has 6 heteroatoms. The molecule has 0 aromatic carbocycles. The van der Waals surface area contributed by atoms with Gasteiger partial charge in [-0.25, -0.2) is 0 Å². The Morgan fingerprint density at radius 1 is 1.44 bits per heavy atom. The molecule has 0 atom stereocenters. The molecule has 2 rings (SSSR count). The van der Waals surface area contributed by atoms with Crippen molar-refractivity contribution in [2.45, 2.75) is 24.5 Å². The lowest BCUT2D eigenvalue weighted by Gasteiger charge is -2.12. The summed E-state index contributed by atoms with van der Waals surface area (Å²) in [6.07, 6.45) is 4.45. The van der Waals surface area contributed by atoms with Crippen LogP contribution in [0.3, 0.4) is 0 Å². The Kier molecular flexibility index (Phi) is 4.06. The number of nitrogens with one attached hydrogen (secondary N) is 2. The van der Waals surface area contributed by atoms with Gasteiger partial charge in [0.2, 0.25) is 0 Å². The zero-order valence-electron chi connectivity index (χ0n) is 10.7. The minimum absolute atomic E-state index is 0.147. The molecule has 1 heterocycles. The van der Waals surface area contributed by atoms with Crippen LogP contribution < -0.4 is 10.6 Å². The maximum Gasteiger partial charge on any atom is 0.271 e. The third-order valence-corrected chi connectivity index (χ3v) is 4.49. The fourth-order valence-corrected chi connectivity index (χ4v) is 2.38. The van der Waals surface area contributed by atoms with Crippen LogP contribution >= 0.6 is 11.8 Å². The number of carbonyl (C=O) groups excluding carboxylic acids is 1. The second-order valence-electron chi connectivity index (χ2n) is 4.40. The van der Waals surface area contributed by atoms with Crippen LogP contribution in [-0.2, 0) is 0 Å². The summed E-state index contributed by atoms with van der Waals surface area (Å²) in [7, 11) is 0. The average Bonchev–Trinajstić information content (AvgIpc) is 3.18. The van der Waals surface area contributed by atoms with E-state index in [2.05, 4.69) is 27.1 Å². The second-order valence-corrected chi connectivity index (χ2v) is 5.68. The Labute approximate surface area is 111 Å². The number of nitrogens with zero attached hydrogens (tertiary/aromatic N) is 2. The summed E-state index contributed by atoms with van der Waals surface area (Å²) in [4.78, 5) is 11.9. The second kappa shape index (κ2) is 5.56. The largest absolute Gasteiger partial charge is 0.369 e. The van der Waals surface area contributed by atoms with Gasteiger partial charge in [-0.1, -0.05) is 0 Å². The first-order valence-electron chi connectivity index (χ1n) is 6.10. The first-order chi connectivity index (χ1) is 8.69. The molecule has 2 N–H and O–H groups in total. The molecule has 1 aliphatic carbocycles. The standard InChI is InChI=1S/C12H18N4OS/c1-3-13-10-5-4-9(15-16-10)11(17)14-8-12(18-2)6-7-12/h4-5H,3,6-8H2,1-2H3,(H,13,16)(H,14,17). The maximum absolute atomic E-state index is 11.9. The van der Waals surface area contributed by atoms with Gasteiger partial charge in [0.25, 0.3) is 5.91 Å². The Hall–Kier alpha value is -1.30. The van der Waals surface area contributed by atoms with Crippen LogP contribution in [0.2, 0.25) is 0 Å². The summed E-state index contributed by atoms with van der Waals surface area (Å²) in [6.45, 7) is 3.49. The lowest BCUT2D eigenvalue weighted by molar-refractivity contribution is 0.0947. The molecule has 1 amide bonds. The minimum Gasteiger partial charge on any atom is -0.369 e. The van der Waals surface area contributed by atoms with Gasteiger partial charge in [-0.05, 0) is 38.2 Å². The zero-order chi connectivity index (χ0) is 13.0. The molecule has 0 unspecified atom stereocenters. The summed E-state index contributed by atoms with van der Waals surface area (Å²) in [5.74, 6) is 0.544. The van der Waals surface area contributed by atoms with E-state index in [1.807, 2.05) is 18.7 Å². The molecule has 5 nitrogen and oxygen atoms in total. The summed E-state index contributed by atoms with van der Waals surface area (Å²) in [5.41, 5.74) is 0.369. The minimum atomic E-state index is -0.147. The molecular weight excluding hydrogens is 248 g/mol. The highest BCUT2D eigenvalue weighted by molar-refractivity contribution is 8.00. The summed E-state index contributed by atoms with van der Waals surface area (Å²) in [5, 5.41) is 13.8. The van der Waals surface area contributed by atoms with E-state index >= 15 is 0 Å². The predicted molar refractivity (Wildman–Crippen MR) is 74.0 cm³/mol. The van der Waals surface area contributed by atoms with Gasteiger partial charge >= 0.3 is 0 Å². The average molecular weight is 266 g/mol. The normalized spacial score (nSPS) is 16.1. The molecule has 0 bridgehead atoms. The molecule has 98 valence electrons. The summed E-state index contributed by atoms with van der Waals surface area (Å²) in [6, 6.07) is 3.46. The lowest BCUT2D eigenvalue weighted by Crippen LogP contribution is -2.32. The number of hydrogen-bond donors (Lipinski definition) is 2. The van der Waals surface area contributed by atoms with Crippen LogP contribution in [0.5, 0.6) is 0 Å². The van der Waals surface area contributed by atoms with Gasteiger partial charge in [-0.3, -0.25) is 4.79 Å². The highest BCUT2D eigenvalue weighted by Crippen LogP contribution is 2.46. The fraction of sp³-hybridized carbons (Fsp3) is 0.583.